The first-order chi connectivity index (χ1) is 10.6. The van der Waals surface area contributed by atoms with Crippen molar-refractivity contribution in [2.24, 2.45) is 15.9 Å². The van der Waals surface area contributed by atoms with Gasteiger partial charge in [0.2, 0.25) is 11.8 Å². The Hall–Kier alpha value is -1.10. The van der Waals surface area contributed by atoms with Crippen molar-refractivity contribution in [2.45, 2.75) is 65.5 Å². The predicted octanol–water partition coefficient (Wildman–Crippen LogP) is 3.04. The second-order valence-electron chi connectivity index (χ2n) is 5.96. The molecule has 1 aliphatic rings. The minimum absolute atomic E-state index is 0.0120. The van der Waals surface area contributed by atoms with E-state index in [-0.39, 0.29) is 12.1 Å². The summed E-state index contributed by atoms with van der Waals surface area (Å²) in [4.78, 5) is 9.61. The van der Waals surface area contributed by atoms with Gasteiger partial charge >= 0.3 is 0 Å². The van der Waals surface area contributed by atoms with Crippen molar-refractivity contribution in [1.82, 2.24) is 5.32 Å². The number of rotatable bonds is 9. The van der Waals surface area contributed by atoms with Gasteiger partial charge in [-0.3, -0.25) is 0 Å². The van der Waals surface area contributed by atoms with Crippen molar-refractivity contribution >= 4 is 11.8 Å². The van der Waals surface area contributed by atoms with Crippen LogP contribution in [-0.4, -0.2) is 50.7 Å². The van der Waals surface area contributed by atoms with Gasteiger partial charge in [-0.15, -0.1) is 0 Å². The molecule has 5 heteroatoms. The van der Waals surface area contributed by atoms with Crippen LogP contribution in [0.4, 0.5) is 0 Å². The Labute approximate surface area is 135 Å². The highest BCUT2D eigenvalue weighted by molar-refractivity contribution is 5.94. The quantitative estimate of drug-likeness (QED) is 0.666. The van der Waals surface area contributed by atoms with Crippen LogP contribution in [-0.2, 0) is 9.47 Å². The lowest BCUT2D eigenvalue weighted by Gasteiger charge is -2.28. The van der Waals surface area contributed by atoms with E-state index in [0.29, 0.717) is 19.1 Å². The van der Waals surface area contributed by atoms with Crippen molar-refractivity contribution in [2.75, 3.05) is 26.8 Å². The summed E-state index contributed by atoms with van der Waals surface area (Å²) >= 11 is 0. The van der Waals surface area contributed by atoms with Gasteiger partial charge in [0.1, 0.15) is 12.1 Å². The highest BCUT2D eigenvalue weighted by Gasteiger charge is 2.31. The van der Waals surface area contributed by atoms with E-state index in [4.69, 9.17) is 19.5 Å². The van der Waals surface area contributed by atoms with Crippen molar-refractivity contribution in [3.05, 3.63) is 0 Å². The number of hydrogen-bond donors (Lipinski definition) is 1. The van der Waals surface area contributed by atoms with Gasteiger partial charge in [-0.1, -0.05) is 26.7 Å². The van der Waals surface area contributed by atoms with E-state index in [9.17, 15) is 0 Å². The SMILES string of the molecule is CCOC1=N[C@H](CCCCCNC)C(OCC)=N[C@H]1C(C)C. The van der Waals surface area contributed by atoms with E-state index in [1.807, 2.05) is 20.9 Å². The topological polar surface area (TPSA) is 55.2 Å². The molecule has 0 aromatic carbocycles. The van der Waals surface area contributed by atoms with Crippen LogP contribution in [0.2, 0.25) is 0 Å². The molecule has 1 N–H and O–H groups in total. The molecule has 5 nitrogen and oxygen atoms in total. The average molecular weight is 311 g/mol. The van der Waals surface area contributed by atoms with Gasteiger partial charge in [-0.05, 0) is 46.2 Å². The number of nitrogens with one attached hydrogen (secondary N) is 1. The number of ether oxygens (including phenoxy) is 2. The zero-order chi connectivity index (χ0) is 16.4. The van der Waals surface area contributed by atoms with E-state index in [1.165, 1.54) is 12.8 Å². The van der Waals surface area contributed by atoms with Crippen LogP contribution in [0.3, 0.4) is 0 Å². The maximum Gasteiger partial charge on any atom is 0.210 e. The third-order valence-corrected chi connectivity index (χ3v) is 3.71. The Morgan fingerprint density at radius 2 is 1.68 bits per heavy atom. The number of aliphatic imine (C=N–C) groups is 2. The molecule has 0 saturated heterocycles. The van der Waals surface area contributed by atoms with Crippen LogP contribution in [0.1, 0.15) is 53.4 Å². The van der Waals surface area contributed by atoms with Crippen molar-refractivity contribution in [1.29, 1.82) is 0 Å². The van der Waals surface area contributed by atoms with Gasteiger partial charge in [0.15, 0.2) is 0 Å². The first-order valence-corrected chi connectivity index (χ1v) is 8.69. The summed E-state index contributed by atoms with van der Waals surface area (Å²) in [5, 5.41) is 3.18. The fraction of sp³-hybridized carbons (Fsp3) is 0.882. The molecule has 0 radical (unpaired) electrons. The molecule has 1 aliphatic heterocycles. The zero-order valence-electron chi connectivity index (χ0n) is 14.9. The molecule has 0 aromatic rings. The molecule has 22 heavy (non-hydrogen) atoms. The summed E-state index contributed by atoms with van der Waals surface area (Å²) < 4.78 is 11.5. The zero-order valence-corrected chi connectivity index (χ0v) is 14.9. The molecule has 0 aliphatic carbocycles. The van der Waals surface area contributed by atoms with Gasteiger partial charge in [0, 0.05) is 0 Å². The Balaban J connectivity index is 2.71. The molecule has 0 unspecified atom stereocenters. The molecule has 0 fully saturated rings. The van der Waals surface area contributed by atoms with Gasteiger partial charge in [0.25, 0.3) is 0 Å². The molecule has 2 atom stereocenters. The highest BCUT2D eigenvalue weighted by Crippen LogP contribution is 2.21. The maximum absolute atomic E-state index is 5.76. The van der Waals surface area contributed by atoms with Crippen LogP contribution in [0.5, 0.6) is 0 Å². The van der Waals surface area contributed by atoms with Crippen LogP contribution in [0.15, 0.2) is 9.98 Å². The van der Waals surface area contributed by atoms with Crippen LogP contribution in [0.25, 0.3) is 0 Å². The largest absolute Gasteiger partial charge is 0.480 e. The molecule has 1 heterocycles. The molecule has 0 amide bonds. The number of unbranched alkanes of at least 4 members (excludes halogenated alkanes) is 2. The van der Waals surface area contributed by atoms with Crippen molar-refractivity contribution in [3.8, 4) is 0 Å². The maximum atomic E-state index is 5.76. The molecule has 0 spiro atoms. The van der Waals surface area contributed by atoms with Gasteiger partial charge in [-0.25, -0.2) is 9.98 Å². The van der Waals surface area contributed by atoms with E-state index < -0.39 is 0 Å². The monoisotopic (exact) mass is 311 g/mol. The van der Waals surface area contributed by atoms with Crippen molar-refractivity contribution < 1.29 is 9.47 Å². The fourth-order valence-corrected chi connectivity index (χ4v) is 2.55. The lowest BCUT2D eigenvalue weighted by atomic mass is 10.0. The highest BCUT2D eigenvalue weighted by atomic mass is 16.5. The molecular weight excluding hydrogens is 278 g/mol. The Morgan fingerprint density at radius 1 is 1.00 bits per heavy atom. The minimum Gasteiger partial charge on any atom is -0.480 e. The van der Waals surface area contributed by atoms with Gasteiger partial charge in [0.05, 0.1) is 13.2 Å². The van der Waals surface area contributed by atoms with E-state index in [0.717, 1.165) is 31.2 Å². The molecule has 0 aromatic heterocycles. The standard InChI is InChI=1S/C17H33N3O2/c1-6-21-16-14(11-9-8-10-12-18-5)19-17(22-7-2)15(20-16)13(3)4/h13-15,18H,6-12H2,1-5H3/t14-,15+/m1/s1. The lowest BCUT2D eigenvalue weighted by molar-refractivity contribution is 0.273. The summed E-state index contributed by atoms with van der Waals surface area (Å²) in [6.45, 7) is 10.6. The second-order valence-corrected chi connectivity index (χ2v) is 5.96. The first-order valence-electron chi connectivity index (χ1n) is 8.69. The van der Waals surface area contributed by atoms with E-state index in [1.54, 1.807) is 0 Å². The summed E-state index contributed by atoms with van der Waals surface area (Å²) in [5.74, 6) is 1.93. The molecule has 1 rings (SSSR count). The number of hydrogen-bond acceptors (Lipinski definition) is 5. The predicted molar refractivity (Wildman–Crippen MR) is 92.9 cm³/mol. The Bertz CT molecular complexity index is 367. The van der Waals surface area contributed by atoms with E-state index in [2.05, 4.69) is 19.2 Å². The Morgan fingerprint density at radius 3 is 2.27 bits per heavy atom. The van der Waals surface area contributed by atoms with Crippen LogP contribution in [0, 0.1) is 5.92 Å². The van der Waals surface area contributed by atoms with Gasteiger partial charge < -0.3 is 14.8 Å². The third-order valence-electron chi connectivity index (χ3n) is 3.71. The minimum atomic E-state index is -0.0120. The molecule has 0 saturated carbocycles. The molecule has 128 valence electrons. The lowest BCUT2D eigenvalue weighted by Crippen LogP contribution is -2.38. The normalized spacial score (nSPS) is 21.5. The van der Waals surface area contributed by atoms with Crippen LogP contribution < -0.4 is 5.32 Å². The van der Waals surface area contributed by atoms with E-state index >= 15 is 0 Å². The summed E-state index contributed by atoms with van der Waals surface area (Å²) in [5.41, 5.74) is 0. The van der Waals surface area contributed by atoms with Crippen molar-refractivity contribution in [3.63, 3.8) is 0 Å². The number of nitrogens with zero attached hydrogens (tertiary/aromatic N) is 2. The third kappa shape index (κ3) is 5.95. The van der Waals surface area contributed by atoms with Gasteiger partial charge in [-0.2, -0.15) is 0 Å². The first kappa shape index (κ1) is 18.9. The average Bonchev–Trinajstić information content (AvgIpc) is 2.49. The summed E-state index contributed by atoms with van der Waals surface area (Å²) in [7, 11) is 1.99. The summed E-state index contributed by atoms with van der Waals surface area (Å²) in [6.07, 6.45) is 4.50. The second kappa shape index (κ2) is 10.6. The molecular formula is C17H33N3O2. The fourth-order valence-electron chi connectivity index (χ4n) is 2.55. The summed E-state index contributed by atoms with van der Waals surface area (Å²) in [6, 6.07) is 0.00753. The van der Waals surface area contributed by atoms with Crippen LogP contribution >= 0.6 is 0 Å². The molecule has 0 bridgehead atoms. The Kier molecular flexibility index (Phi) is 9.13. The smallest absolute Gasteiger partial charge is 0.210 e.